The highest BCUT2D eigenvalue weighted by molar-refractivity contribution is 5.70. The molecule has 1 heterocycles. The molecule has 2 rings (SSSR count). The molecule has 0 amide bonds. The Labute approximate surface area is 117 Å². The Morgan fingerprint density at radius 2 is 2.35 bits per heavy atom. The Hall–Kier alpha value is -1.85. The average Bonchev–Trinajstić information content (AvgIpc) is 2.44. The Morgan fingerprint density at radius 3 is 3.05 bits per heavy atom. The van der Waals surface area contributed by atoms with E-state index in [1.54, 1.807) is 17.0 Å². The first-order valence-electron chi connectivity index (χ1n) is 7.16. The van der Waals surface area contributed by atoms with E-state index in [2.05, 4.69) is 10.3 Å². The maximum absolute atomic E-state index is 12.2. The van der Waals surface area contributed by atoms with Gasteiger partial charge in [-0.2, -0.15) is 0 Å². The molecule has 0 saturated heterocycles. The largest absolute Gasteiger partial charge is 0.481 e. The van der Waals surface area contributed by atoms with Gasteiger partial charge < -0.3 is 15.0 Å². The van der Waals surface area contributed by atoms with Crippen LogP contribution in [0.4, 0.5) is 5.82 Å². The monoisotopic (exact) mass is 279 g/mol. The lowest BCUT2D eigenvalue weighted by atomic mass is 9.86. The summed E-state index contributed by atoms with van der Waals surface area (Å²) in [6.07, 6.45) is 7.19. The minimum Gasteiger partial charge on any atom is -0.481 e. The Kier molecular flexibility index (Phi) is 4.76. The summed E-state index contributed by atoms with van der Waals surface area (Å²) in [4.78, 5) is 27.3. The molecular weight excluding hydrogens is 258 g/mol. The molecule has 110 valence electrons. The van der Waals surface area contributed by atoms with Crippen LogP contribution in [0.15, 0.2) is 17.2 Å². The number of carboxylic acids is 1. The number of aliphatic carboxylic acids is 1. The highest BCUT2D eigenvalue weighted by Gasteiger charge is 2.27. The summed E-state index contributed by atoms with van der Waals surface area (Å²) in [6, 6.07) is 0.0162. The van der Waals surface area contributed by atoms with E-state index in [4.69, 9.17) is 5.11 Å². The predicted octanol–water partition coefficient (Wildman–Crippen LogP) is 1.71. The average molecular weight is 279 g/mol. The van der Waals surface area contributed by atoms with E-state index in [-0.39, 0.29) is 17.5 Å². The summed E-state index contributed by atoms with van der Waals surface area (Å²) in [5.41, 5.74) is -0.133. The van der Waals surface area contributed by atoms with Crippen LogP contribution in [-0.4, -0.2) is 26.7 Å². The summed E-state index contributed by atoms with van der Waals surface area (Å²) in [6.45, 7) is 2.68. The normalized spacial score (nSPS) is 22.4. The second kappa shape index (κ2) is 6.54. The fraction of sp³-hybridized carbons (Fsp3) is 0.643. The molecule has 1 aliphatic rings. The molecule has 0 bridgehead atoms. The van der Waals surface area contributed by atoms with E-state index >= 15 is 0 Å². The standard InChI is InChI=1S/C14H21N3O3/c1-2-7-17-8-6-15-12(13(17)18)16-11-5-3-4-10(9-11)14(19)20/h6,8,10-11H,2-5,7,9H2,1H3,(H,15,16)(H,19,20). The second-order valence-electron chi connectivity index (χ2n) is 5.32. The lowest BCUT2D eigenvalue weighted by Gasteiger charge is -2.27. The quantitative estimate of drug-likeness (QED) is 0.857. The van der Waals surface area contributed by atoms with Gasteiger partial charge in [0.25, 0.3) is 5.56 Å². The molecule has 2 N–H and O–H groups in total. The summed E-state index contributed by atoms with van der Waals surface area (Å²) in [5, 5.41) is 12.2. The maximum Gasteiger partial charge on any atom is 0.306 e. The number of anilines is 1. The third kappa shape index (κ3) is 3.37. The molecule has 0 aliphatic heterocycles. The first-order valence-corrected chi connectivity index (χ1v) is 7.16. The maximum atomic E-state index is 12.2. The van der Waals surface area contributed by atoms with Gasteiger partial charge in [0.15, 0.2) is 5.82 Å². The van der Waals surface area contributed by atoms with Crippen molar-refractivity contribution in [3.63, 3.8) is 0 Å². The zero-order valence-corrected chi connectivity index (χ0v) is 11.7. The van der Waals surface area contributed by atoms with Gasteiger partial charge in [0, 0.05) is 25.0 Å². The molecule has 0 spiro atoms. The summed E-state index contributed by atoms with van der Waals surface area (Å²) < 4.78 is 1.63. The second-order valence-corrected chi connectivity index (χ2v) is 5.32. The van der Waals surface area contributed by atoms with Crippen LogP contribution in [0.5, 0.6) is 0 Å². The molecule has 6 heteroatoms. The molecule has 2 unspecified atom stereocenters. The van der Waals surface area contributed by atoms with E-state index in [0.29, 0.717) is 18.8 Å². The summed E-state index contributed by atoms with van der Waals surface area (Å²) in [5.74, 6) is -0.735. The van der Waals surface area contributed by atoms with E-state index in [0.717, 1.165) is 25.7 Å². The molecule has 0 radical (unpaired) electrons. The molecule has 1 aliphatic carbocycles. The fourth-order valence-electron chi connectivity index (χ4n) is 2.70. The Bertz CT molecular complexity index is 527. The van der Waals surface area contributed by atoms with Gasteiger partial charge in [0.1, 0.15) is 0 Å². The van der Waals surface area contributed by atoms with E-state index in [1.807, 2.05) is 6.92 Å². The fourth-order valence-corrected chi connectivity index (χ4v) is 2.70. The molecule has 1 aromatic rings. The van der Waals surface area contributed by atoms with Crippen molar-refractivity contribution < 1.29 is 9.90 Å². The lowest BCUT2D eigenvalue weighted by molar-refractivity contribution is -0.142. The van der Waals surface area contributed by atoms with E-state index in [1.165, 1.54) is 0 Å². The Morgan fingerprint density at radius 1 is 1.55 bits per heavy atom. The van der Waals surface area contributed by atoms with Crippen molar-refractivity contribution in [2.75, 3.05) is 5.32 Å². The first-order chi connectivity index (χ1) is 9.61. The molecule has 1 saturated carbocycles. The van der Waals surface area contributed by atoms with Crippen molar-refractivity contribution in [3.8, 4) is 0 Å². The van der Waals surface area contributed by atoms with E-state index in [9.17, 15) is 9.59 Å². The zero-order chi connectivity index (χ0) is 14.5. The number of nitrogens with zero attached hydrogens (tertiary/aromatic N) is 2. The van der Waals surface area contributed by atoms with Gasteiger partial charge in [-0.15, -0.1) is 0 Å². The van der Waals surface area contributed by atoms with Crippen molar-refractivity contribution in [2.24, 2.45) is 5.92 Å². The van der Waals surface area contributed by atoms with Gasteiger partial charge in [-0.3, -0.25) is 9.59 Å². The molecule has 6 nitrogen and oxygen atoms in total. The van der Waals surface area contributed by atoms with Gasteiger partial charge in [-0.05, 0) is 25.7 Å². The Balaban J connectivity index is 2.08. The third-order valence-corrected chi connectivity index (χ3v) is 3.74. The van der Waals surface area contributed by atoms with Crippen molar-refractivity contribution >= 4 is 11.8 Å². The van der Waals surface area contributed by atoms with E-state index < -0.39 is 5.97 Å². The zero-order valence-electron chi connectivity index (χ0n) is 11.7. The molecule has 1 aromatic heterocycles. The van der Waals surface area contributed by atoms with Gasteiger partial charge in [-0.1, -0.05) is 13.3 Å². The highest BCUT2D eigenvalue weighted by Crippen LogP contribution is 2.25. The number of hydrogen-bond donors (Lipinski definition) is 2. The van der Waals surface area contributed by atoms with Crippen LogP contribution in [0, 0.1) is 5.92 Å². The molecule has 20 heavy (non-hydrogen) atoms. The molecular formula is C14H21N3O3. The third-order valence-electron chi connectivity index (χ3n) is 3.74. The smallest absolute Gasteiger partial charge is 0.306 e. The molecule has 0 aromatic carbocycles. The lowest BCUT2D eigenvalue weighted by Crippen LogP contribution is -2.34. The van der Waals surface area contributed by atoms with Crippen LogP contribution in [0.2, 0.25) is 0 Å². The van der Waals surface area contributed by atoms with Crippen LogP contribution in [0.1, 0.15) is 39.0 Å². The number of rotatable bonds is 5. The van der Waals surface area contributed by atoms with Crippen LogP contribution in [-0.2, 0) is 11.3 Å². The number of aryl methyl sites for hydroxylation is 1. The number of hydrogen-bond acceptors (Lipinski definition) is 4. The van der Waals surface area contributed by atoms with Crippen molar-refractivity contribution in [1.82, 2.24) is 9.55 Å². The number of carboxylic acid groups (broad SMARTS) is 1. The van der Waals surface area contributed by atoms with Crippen molar-refractivity contribution in [1.29, 1.82) is 0 Å². The van der Waals surface area contributed by atoms with Crippen LogP contribution in [0.3, 0.4) is 0 Å². The van der Waals surface area contributed by atoms with Gasteiger partial charge in [0.05, 0.1) is 5.92 Å². The summed E-state index contributed by atoms with van der Waals surface area (Å²) in [7, 11) is 0. The van der Waals surface area contributed by atoms with Gasteiger partial charge in [-0.25, -0.2) is 4.98 Å². The number of nitrogens with one attached hydrogen (secondary N) is 1. The van der Waals surface area contributed by atoms with Crippen molar-refractivity contribution in [2.45, 2.75) is 51.6 Å². The van der Waals surface area contributed by atoms with Crippen LogP contribution < -0.4 is 10.9 Å². The number of carbonyl (C=O) groups is 1. The summed E-state index contributed by atoms with van der Waals surface area (Å²) >= 11 is 0. The van der Waals surface area contributed by atoms with Crippen molar-refractivity contribution in [3.05, 3.63) is 22.7 Å². The minimum absolute atomic E-state index is 0.0162. The molecule has 1 fully saturated rings. The predicted molar refractivity (Wildman–Crippen MR) is 75.8 cm³/mol. The van der Waals surface area contributed by atoms with Gasteiger partial charge in [0.2, 0.25) is 0 Å². The van der Waals surface area contributed by atoms with Crippen LogP contribution in [0.25, 0.3) is 0 Å². The topological polar surface area (TPSA) is 84.2 Å². The molecule has 2 atom stereocenters. The highest BCUT2D eigenvalue weighted by atomic mass is 16.4. The minimum atomic E-state index is -0.749. The first kappa shape index (κ1) is 14.6. The number of aromatic nitrogens is 2. The van der Waals surface area contributed by atoms with Crippen LogP contribution >= 0.6 is 0 Å². The SMILES string of the molecule is CCCn1ccnc(NC2CCCC(C(=O)O)C2)c1=O. The van der Waals surface area contributed by atoms with Gasteiger partial charge >= 0.3 is 5.97 Å².